The van der Waals surface area contributed by atoms with Crippen molar-refractivity contribution < 1.29 is 9.59 Å². The molecule has 1 atom stereocenters. The van der Waals surface area contributed by atoms with Crippen LogP contribution in [0.3, 0.4) is 0 Å². The van der Waals surface area contributed by atoms with E-state index in [1.165, 1.54) is 0 Å². The zero-order valence-corrected chi connectivity index (χ0v) is 18.8. The molecule has 0 radical (unpaired) electrons. The summed E-state index contributed by atoms with van der Waals surface area (Å²) >= 11 is 9.63. The number of hydrogen-bond donors (Lipinski definition) is 1. The van der Waals surface area contributed by atoms with Crippen molar-refractivity contribution in [1.82, 2.24) is 10.2 Å². The van der Waals surface area contributed by atoms with Gasteiger partial charge in [-0.1, -0.05) is 57.9 Å². The van der Waals surface area contributed by atoms with Gasteiger partial charge in [-0.15, -0.1) is 0 Å². The summed E-state index contributed by atoms with van der Waals surface area (Å²) in [5.74, 6) is -0.229. The number of aryl methyl sites for hydroxylation is 1. The Morgan fingerprint density at radius 3 is 2.32 bits per heavy atom. The molecule has 0 saturated heterocycles. The van der Waals surface area contributed by atoms with E-state index in [1.807, 2.05) is 62.4 Å². The van der Waals surface area contributed by atoms with Crippen molar-refractivity contribution >= 4 is 39.3 Å². The van der Waals surface area contributed by atoms with E-state index in [1.54, 1.807) is 11.8 Å². The maximum atomic E-state index is 13.0. The van der Waals surface area contributed by atoms with E-state index in [0.29, 0.717) is 24.4 Å². The number of carbonyl (C=O) groups is 2. The minimum Gasteiger partial charge on any atom is -0.352 e. The number of carbonyl (C=O) groups excluding carboxylic acids is 2. The van der Waals surface area contributed by atoms with E-state index in [2.05, 4.69) is 21.2 Å². The SMILES string of the molecule is CC(C)NC(=O)[C@H](C)N(Cc1ccc(Br)cc1)C(=O)CCc1ccccc1Cl. The van der Waals surface area contributed by atoms with E-state index >= 15 is 0 Å². The topological polar surface area (TPSA) is 49.4 Å². The number of amides is 2. The third-order valence-corrected chi connectivity index (χ3v) is 5.33. The molecule has 0 saturated carbocycles. The van der Waals surface area contributed by atoms with Crippen LogP contribution in [0.4, 0.5) is 0 Å². The summed E-state index contributed by atoms with van der Waals surface area (Å²) in [5.41, 5.74) is 1.90. The van der Waals surface area contributed by atoms with Crippen LogP contribution in [0.5, 0.6) is 0 Å². The molecule has 0 spiro atoms. The first-order valence-corrected chi connectivity index (χ1v) is 10.5. The normalized spacial score (nSPS) is 11.9. The van der Waals surface area contributed by atoms with E-state index in [9.17, 15) is 9.59 Å². The van der Waals surface area contributed by atoms with Gasteiger partial charge in [0.15, 0.2) is 0 Å². The zero-order chi connectivity index (χ0) is 20.7. The molecule has 2 rings (SSSR count). The summed E-state index contributed by atoms with van der Waals surface area (Å²) < 4.78 is 0.971. The van der Waals surface area contributed by atoms with Crippen LogP contribution in [0.1, 0.15) is 38.3 Å². The van der Waals surface area contributed by atoms with Crippen molar-refractivity contribution in [2.45, 2.75) is 52.2 Å². The quantitative estimate of drug-likeness (QED) is 0.598. The van der Waals surface area contributed by atoms with Crippen LogP contribution in [0.2, 0.25) is 5.02 Å². The lowest BCUT2D eigenvalue weighted by molar-refractivity contribution is -0.140. The third kappa shape index (κ3) is 6.64. The third-order valence-electron chi connectivity index (χ3n) is 4.43. The lowest BCUT2D eigenvalue weighted by Crippen LogP contribution is -2.49. The predicted octanol–water partition coefficient (Wildman–Crippen LogP) is 4.98. The fourth-order valence-corrected chi connectivity index (χ4v) is 3.36. The monoisotopic (exact) mass is 464 g/mol. The van der Waals surface area contributed by atoms with Gasteiger partial charge in [0.05, 0.1) is 0 Å². The standard InChI is InChI=1S/C22H26BrClN2O2/c1-15(2)25-22(28)16(3)26(14-17-8-11-19(23)12-9-17)21(27)13-10-18-6-4-5-7-20(18)24/h4-9,11-12,15-16H,10,13-14H2,1-3H3,(H,25,28)/t16-/m0/s1. The van der Waals surface area contributed by atoms with Gasteiger partial charge in [-0.25, -0.2) is 0 Å². The number of rotatable bonds is 8. The summed E-state index contributed by atoms with van der Waals surface area (Å²) in [5, 5.41) is 3.55. The number of nitrogens with zero attached hydrogens (tertiary/aromatic N) is 1. The van der Waals surface area contributed by atoms with Crippen molar-refractivity contribution in [3.63, 3.8) is 0 Å². The lowest BCUT2D eigenvalue weighted by atomic mass is 10.1. The van der Waals surface area contributed by atoms with Crippen LogP contribution < -0.4 is 5.32 Å². The summed E-state index contributed by atoms with van der Waals surface area (Å²) in [6.45, 7) is 5.96. The van der Waals surface area contributed by atoms with Crippen LogP contribution in [0.25, 0.3) is 0 Å². The number of hydrogen-bond acceptors (Lipinski definition) is 2. The highest BCUT2D eigenvalue weighted by Crippen LogP contribution is 2.19. The Bertz CT molecular complexity index is 808. The second-order valence-corrected chi connectivity index (χ2v) is 8.40. The smallest absolute Gasteiger partial charge is 0.242 e. The van der Waals surface area contributed by atoms with Crippen LogP contribution in [0, 0.1) is 0 Å². The molecule has 0 heterocycles. The molecule has 6 heteroatoms. The van der Waals surface area contributed by atoms with Gasteiger partial charge >= 0.3 is 0 Å². The van der Waals surface area contributed by atoms with Crippen LogP contribution in [0.15, 0.2) is 53.0 Å². The van der Waals surface area contributed by atoms with Crippen molar-refractivity contribution in [2.24, 2.45) is 0 Å². The van der Waals surface area contributed by atoms with Crippen molar-refractivity contribution in [1.29, 1.82) is 0 Å². The Kier molecular flexibility index (Phi) is 8.52. The van der Waals surface area contributed by atoms with Crippen molar-refractivity contribution in [2.75, 3.05) is 0 Å². The molecule has 0 fully saturated rings. The molecular formula is C22H26BrClN2O2. The molecule has 0 unspecified atom stereocenters. The second-order valence-electron chi connectivity index (χ2n) is 7.08. The average molecular weight is 466 g/mol. The largest absolute Gasteiger partial charge is 0.352 e. The molecule has 0 aromatic heterocycles. The highest BCUT2D eigenvalue weighted by atomic mass is 79.9. The summed E-state index contributed by atoms with van der Waals surface area (Å²) in [4.78, 5) is 27.2. The Morgan fingerprint density at radius 1 is 1.07 bits per heavy atom. The van der Waals surface area contributed by atoms with Gasteiger partial charge in [-0.2, -0.15) is 0 Å². The fraction of sp³-hybridized carbons (Fsp3) is 0.364. The zero-order valence-electron chi connectivity index (χ0n) is 16.4. The Balaban J connectivity index is 2.15. The fourth-order valence-electron chi connectivity index (χ4n) is 2.86. The molecular weight excluding hydrogens is 440 g/mol. The molecule has 0 bridgehead atoms. The summed E-state index contributed by atoms with van der Waals surface area (Å²) in [6.07, 6.45) is 0.827. The first kappa shape index (κ1) is 22.4. The molecule has 28 heavy (non-hydrogen) atoms. The number of halogens is 2. The average Bonchev–Trinajstić information content (AvgIpc) is 2.65. The van der Waals surface area contributed by atoms with Gasteiger partial charge in [-0.05, 0) is 56.5 Å². The van der Waals surface area contributed by atoms with Crippen LogP contribution in [-0.4, -0.2) is 28.8 Å². The molecule has 2 aromatic carbocycles. The summed E-state index contributed by atoms with van der Waals surface area (Å²) in [7, 11) is 0. The first-order valence-electron chi connectivity index (χ1n) is 9.35. The van der Waals surface area contributed by atoms with Gasteiger partial charge in [0.2, 0.25) is 11.8 Å². The molecule has 2 aromatic rings. The Morgan fingerprint density at radius 2 is 1.71 bits per heavy atom. The van der Waals surface area contributed by atoms with E-state index in [4.69, 9.17) is 11.6 Å². The Labute approximate surface area is 180 Å². The van der Waals surface area contributed by atoms with Crippen LogP contribution >= 0.6 is 27.5 Å². The van der Waals surface area contributed by atoms with E-state index in [0.717, 1.165) is 15.6 Å². The van der Waals surface area contributed by atoms with Gasteiger partial charge in [-0.3, -0.25) is 9.59 Å². The van der Waals surface area contributed by atoms with E-state index in [-0.39, 0.29) is 17.9 Å². The van der Waals surface area contributed by atoms with Gasteiger partial charge < -0.3 is 10.2 Å². The molecule has 4 nitrogen and oxygen atoms in total. The van der Waals surface area contributed by atoms with Crippen molar-refractivity contribution in [3.8, 4) is 0 Å². The van der Waals surface area contributed by atoms with Gasteiger partial charge in [0.25, 0.3) is 0 Å². The number of nitrogens with one attached hydrogen (secondary N) is 1. The minimum absolute atomic E-state index is 0.0164. The molecule has 0 aliphatic rings. The Hall–Kier alpha value is -1.85. The maximum Gasteiger partial charge on any atom is 0.242 e. The maximum absolute atomic E-state index is 13.0. The highest BCUT2D eigenvalue weighted by Gasteiger charge is 2.26. The second kappa shape index (κ2) is 10.6. The highest BCUT2D eigenvalue weighted by molar-refractivity contribution is 9.10. The van der Waals surface area contributed by atoms with Gasteiger partial charge in [0.1, 0.15) is 6.04 Å². The van der Waals surface area contributed by atoms with E-state index < -0.39 is 6.04 Å². The predicted molar refractivity (Wildman–Crippen MR) is 117 cm³/mol. The molecule has 1 N–H and O–H groups in total. The molecule has 2 amide bonds. The number of benzene rings is 2. The summed E-state index contributed by atoms with van der Waals surface area (Å²) in [6, 6.07) is 14.7. The minimum atomic E-state index is -0.565. The van der Waals surface area contributed by atoms with Gasteiger partial charge in [0, 0.05) is 28.5 Å². The molecule has 150 valence electrons. The first-order chi connectivity index (χ1) is 13.3. The lowest BCUT2D eigenvalue weighted by Gasteiger charge is -2.29. The molecule has 0 aliphatic heterocycles. The molecule has 0 aliphatic carbocycles. The van der Waals surface area contributed by atoms with Crippen LogP contribution in [-0.2, 0) is 22.6 Å². The van der Waals surface area contributed by atoms with Crippen molar-refractivity contribution in [3.05, 3.63) is 69.2 Å².